The molecule has 0 atom stereocenters. The van der Waals surface area contributed by atoms with Gasteiger partial charge in [-0.15, -0.1) is 5.11 Å². The van der Waals surface area contributed by atoms with E-state index in [9.17, 15) is 9.50 Å². The zero-order valence-electron chi connectivity index (χ0n) is 17.2. The Balaban J connectivity index is 1.56. The second-order valence-electron chi connectivity index (χ2n) is 7.11. The van der Waals surface area contributed by atoms with E-state index in [1.165, 1.54) is 6.07 Å². The fourth-order valence-electron chi connectivity index (χ4n) is 3.34. The summed E-state index contributed by atoms with van der Waals surface area (Å²) in [7, 11) is 0. The second kappa shape index (κ2) is 8.42. The van der Waals surface area contributed by atoms with E-state index in [1.54, 1.807) is 53.3 Å². The third kappa shape index (κ3) is 3.97. The number of anilines is 1. The average molecular weight is 440 g/mol. The van der Waals surface area contributed by atoms with Crippen molar-refractivity contribution in [3.8, 4) is 17.4 Å². The van der Waals surface area contributed by atoms with E-state index in [4.69, 9.17) is 5.73 Å². The summed E-state index contributed by atoms with van der Waals surface area (Å²) in [5.74, 6) is -0.741. The Hall–Kier alpha value is -4.73. The van der Waals surface area contributed by atoms with Gasteiger partial charge in [-0.2, -0.15) is 15.2 Å². The van der Waals surface area contributed by atoms with Crippen molar-refractivity contribution >= 4 is 28.2 Å². The highest BCUT2D eigenvalue weighted by Crippen LogP contribution is 2.35. The SMILES string of the molecule is Nc1nc(-c2nn(Cc3ccccc3F)c3ncccc23)nc(O)c1/N=N/c1ccccc1. The second-order valence-corrected chi connectivity index (χ2v) is 7.11. The number of azo groups is 1. The smallest absolute Gasteiger partial charge is 0.245 e. The molecular weight excluding hydrogens is 423 g/mol. The Labute approximate surface area is 187 Å². The van der Waals surface area contributed by atoms with Gasteiger partial charge in [0.25, 0.3) is 0 Å². The number of hydrogen-bond acceptors (Lipinski definition) is 8. The number of fused-ring (bicyclic) bond motifs is 1. The van der Waals surface area contributed by atoms with Crippen LogP contribution in [-0.2, 0) is 6.54 Å². The summed E-state index contributed by atoms with van der Waals surface area (Å²) < 4.78 is 15.8. The van der Waals surface area contributed by atoms with E-state index in [-0.39, 0.29) is 29.7 Å². The number of rotatable bonds is 5. The molecule has 0 fully saturated rings. The van der Waals surface area contributed by atoms with Gasteiger partial charge in [0.1, 0.15) is 11.5 Å². The molecule has 0 aliphatic rings. The van der Waals surface area contributed by atoms with Crippen LogP contribution in [0.2, 0.25) is 0 Å². The lowest BCUT2D eigenvalue weighted by molar-refractivity contribution is 0.454. The van der Waals surface area contributed by atoms with Crippen molar-refractivity contribution in [1.29, 1.82) is 0 Å². The minimum Gasteiger partial charge on any atom is -0.492 e. The van der Waals surface area contributed by atoms with Gasteiger partial charge in [-0.1, -0.05) is 36.4 Å². The molecule has 9 nitrogen and oxygen atoms in total. The number of pyridine rings is 1. The molecule has 33 heavy (non-hydrogen) atoms. The monoisotopic (exact) mass is 440 g/mol. The van der Waals surface area contributed by atoms with Gasteiger partial charge in [-0.05, 0) is 30.3 Å². The van der Waals surface area contributed by atoms with Crippen molar-refractivity contribution in [2.75, 3.05) is 5.73 Å². The number of halogens is 1. The summed E-state index contributed by atoms with van der Waals surface area (Å²) in [5.41, 5.74) is 7.92. The number of nitrogens with two attached hydrogens (primary N) is 1. The van der Waals surface area contributed by atoms with Gasteiger partial charge in [-0.25, -0.2) is 19.0 Å². The Kier molecular flexibility index (Phi) is 5.15. The van der Waals surface area contributed by atoms with Crippen LogP contribution in [0.25, 0.3) is 22.6 Å². The van der Waals surface area contributed by atoms with E-state index < -0.39 is 5.88 Å². The van der Waals surface area contributed by atoms with Crippen molar-refractivity contribution in [2.24, 2.45) is 10.2 Å². The molecule has 3 N–H and O–H groups in total. The minimum absolute atomic E-state index is 0.0455. The lowest BCUT2D eigenvalue weighted by Crippen LogP contribution is -2.05. The van der Waals surface area contributed by atoms with E-state index in [0.29, 0.717) is 28.0 Å². The van der Waals surface area contributed by atoms with Crippen molar-refractivity contribution in [3.05, 3.63) is 84.3 Å². The number of nitrogens with zero attached hydrogens (tertiary/aromatic N) is 7. The number of nitrogen functional groups attached to an aromatic ring is 1. The Morgan fingerprint density at radius 2 is 1.73 bits per heavy atom. The molecule has 0 saturated heterocycles. The molecule has 2 aromatic carbocycles. The predicted molar refractivity (Wildman–Crippen MR) is 121 cm³/mol. The summed E-state index contributed by atoms with van der Waals surface area (Å²) >= 11 is 0. The van der Waals surface area contributed by atoms with Gasteiger partial charge < -0.3 is 10.8 Å². The third-order valence-corrected chi connectivity index (χ3v) is 4.91. The van der Waals surface area contributed by atoms with Crippen LogP contribution < -0.4 is 5.73 Å². The Morgan fingerprint density at radius 1 is 0.939 bits per heavy atom. The largest absolute Gasteiger partial charge is 0.492 e. The first-order chi connectivity index (χ1) is 16.1. The van der Waals surface area contributed by atoms with Crippen LogP contribution in [0.3, 0.4) is 0 Å². The van der Waals surface area contributed by atoms with Crippen LogP contribution in [0, 0.1) is 5.82 Å². The quantitative estimate of drug-likeness (QED) is 0.379. The molecule has 10 heteroatoms. The van der Waals surface area contributed by atoms with Gasteiger partial charge in [0.15, 0.2) is 23.0 Å². The van der Waals surface area contributed by atoms with Crippen molar-refractivity contribution in [3.63, 3.8) is 0 Å². The average Bonchev–Trinajstić information content (AvgIpc) is 3.19. The molecule has 0 amide bonds. The highest BCUT2D eigenvalue weighted by Gasteiger charge is 2.20. The van der Waals surface area contributed by atoms with Crippen LogP contribution in [0.4, 0.5) is 21.6 Å². The third-order valence-electron chi connectivity index (χ3n) is 4.91. The molecule has 0 aliphatic carbocycles. The van der Waals surface area contributed by atoms with Crippen molar-refractivity contribution in [2.45, 2.75) is 6.54 Å². The van der Waals surface area contributed by atoms with E-state index in [1.807, 2.05) is 18.2 Å². The first kappa shape index (κ1) is 20.2. The fourth-order valence-corrected chi connectivity index (χ4v) is 3.34. The summed E-state index contributed by atoms with van der Waals surface area (Å²) in [6.07, 6.45) is 1.62. The zero-order chi connectivity index (χ0) is 22.8. The van der Waals surface area contributed by atoms with Crippen LogP contribution in [0.1, 0.15) is 5.56 Å². The standard InChI is InChI=1S/C23H17FN8O/c24-17-11-5-4-7-14(17)13-32-22-16(10-6-12-26-22)18(31-32)21-27-20(25)19(23(33)28-21)30-29-15-8-2-1-3-9-15/h1-12H,13H2,(H3,25,27,28,33)/b30-29+. The molecule has 3 heterocycles. The van der Waals surface area contributed by atoms with Gasteiger partial charge in [-0.3, -0.25) is 0 Å². The molecule has 0 aliphatic heterocycles. The van der Waals surface area contributed by atoms with Crippen LogP contribution in [0.5, 0.6) is 5.88 Å². The van der Waals surface area contributed by atoms with Crippen LogP contribution in [0.15, 0.2) is 83.2 Å². The molecule has 0 radical (unpaired) electrons. The molecule has 162 valence electrons. The first-order valence-corrected chi connectivity index (χ1v) is 9.99. The summed E-state index contributed by atoms with van der Waals surface area (Å²) in [5, 5.41) is 23.7. The van der Waals surface area contributed by atoms with Gasteiger partial charge >= 0.3 is 0 Å². The maximum absolute atomic E-state index is 14.2. The van der Waals surface area contributed by atoms with Crippen molar-refractivity contribution in [1.82, 2.24) is 24.7 Å². The van der Waals surface area contributed by atoms with E-state index in [2.05, 4.69) is 30.3 Å². The number of hydrogen-bond donors (Lipinski definition) is 2. The molecule has 5 rings (SSSR count). The van der Waals surface area contributed by atoms with Gasteiger partial charge in [0, 0.05) is 11.8 Å². The van der Waals surface area contributed by atoms with Gasteiger partial charge in [0.05, 0.1) is 17.6 Å². The maximum Gasteiger partial charge on any atom is 0.245 e. The number of aromatic nitrogens is 5. The van der Waals surface area contributed by atoms with Crippen LogP contribution in [-0.4, -0.2) is 29.8 Å². The predicted octanol–water partition coefficient (Wildman–Crippen LogP) is 4.78. The molecule has 0 bridgehead atoms. The lowest BCUT2D eigenvalue weighted by Gasteiger charge is -2.05. The van der Waals surface area contributed by atoms with Gasteiger partial charge in [0.2, 0.25) is 5.88 Å². The van der Waals surface area contributed by atoms with Crippen LogP contribution >= 0.6 is 0 Å². The highest BCUT2D eigenvalue weighted by atomic mass is 19.1. The summed E-state index contributed by atoms with van der Waals surface area (Å²) in [6, 6.07) is 19.0. The Bertz CT molecular complexity index is 1460. The first-order valence-electron chi connectivity index (χ1n) is 9.99. The molecular formula is C23H17FN8O. The number of benzene rings is 2. The topological polar surface area (TPSA) is 127 Å². The molecule has 0 saturated carbocycles. The maximum atomic E-state index is 14.2. The number of aromatic hydroxyl groups is 1. The Morgan fingerprint density at radius 3 is 2.52 bits per heavy atom. The van der Waals surface area contributed by atoms with Crippen molar-refractivity contribution < 1.29 is 9.50 Å². The molecule has 0 unspecified atom stereocenters. The van der Waals surface area contributed by atoms with E-state index >= 15 is 0 Å². The zero-order valence-corrected chi connectivity index (χ0v) is 17.2. The minimum atomic E-state index is -0.433. The fraction of sp³-hybridized carbons (Fsp3) is 0.0435. The summed E-state index contributed by atoms with van der Waals surface area (Å²) in [4.78, 5) is 12.8. The van der Waals surface area contributed by atoms with E-state index in [0.717, 1.165) is 0 Å². The summed E-state index contributed by atoms with van der Waals surface area (Å²) in [6.45, 7) is 0.158. The molecule has 3 aromatic heterocycles. The molecule has 5 aromatic rings. The normalized spacial score (nSPS) is 11.4. The highest BCUT2D eigenvalue weighted by molar-refractivity contribution is 5.89. The lowest BCUT2D eigenvalue weighted by atomic mass is 10.2. The molecule has 0 spiro atoms.